The molecule has 150 valence electrons. The van der Waals surface area contributed by atoms with E-state index in [2.05, 4.69) is 76.0 Å². The number of methoxy groups -OCH3 is 1. The molecule has 1 aliphatic rings. The predicted octanol–water partition coefficient (Wildman–Crippen LogP) is 7.58. The Kier molecular flexibility index (Phi) is 5.23. The molecule has 2 aromatic heterocycles. The molecule has 2 aromatic carbocycles. The highest BCUT2D eigenvalue weighted by molar-refractivity contribution is 9.10. The van der Waals surface area contributed by atoms with Gasteiger partial charge in [0.15, 0.2) is 5.13 Å². The summed E-state index contributed by atoms with van der Waals surface area (Å²) in [5, 5.41) is 6.96. The van der Waals surface area contributed by atoms with E-state index in [0.29, 0.717) is 5.05 Å². The van der Waals surface area contributed by atoms with Crippen LogP contribution in [0, 0.1) is 6.92 Å². The van der Waals surface area contributed by atoms with Gasteiger partial charge in [-0.05, 0) is 78.1 Å². The Labute approximate surface area is 196 Å². The number of aryl methyl sites for hydroxylation is 1. The maximum Gasteiger partial charge on any atom is 0.201 e. The molecule has 1 aliphatic carbocycles. The zero-order chi connectivity index (χ0) is 20.8. The first-order chi connectivity index (χ1) is 14.5. The van der Waals surface area contributed by atoms with E-state index in [4.69, 9.17) is 21.9 Å². The Bertz CT molecular complexity index is 1290. The molecule has 0 radical (unpaired) electrons. The lowest BCUT2D eigenvalue weighted by Crippen LogP contribution is -1.95. The van der Waals surface area contributed by atoms with E-state index < -0.39 is 0 Å². The van der Waals surface area contributed by atoms with E-state index in [1.165, 1.54) is 27.1 Å². The zero-order valence-corrected chi connectivity index (χ0v) is 20.3. The van der Waals surface area contributed by atoms with Crippen LogP contribution in [-0.2, 0) is 11.2 Å². The minimum absolute atomic E-state index is 0.522. The van der Waals surface area contributed by atoms with Gasteiger partial charge in [0.2, 0.25) is 5.05 Å². The van der Waals surface area contributed by atoms with Crippen LogP contribution in [0.5, 0.6) is 0 Å². The molecule has 2 heterocycles. The van der Waals surface area contributed by atoms with Crippen LogP contribution in [0.1, 0.15) is 20.9 Å². The van der Waals surface area contributed by atoms with Gasteiger partial charge in [0, 0.05) is 26.0 Å². The first-order valence-electron chi connectivity index (χ1n) is 9.35. The van der Waals surface area contributed by atoms with Crippen LogP contribution in [-0.4, -0.2) is 17.1 Å². The number of ether oxygens (including phenoxy) is 1. The molecule has 0 aliphatic heterocycles. The fourth-order valence-corrected chi connectivity index (χ4v) is 6.04. The molecule has 0 atom stereocenters. The molecule has 30 heavy (non-hydrogen) atoms. The van der Waals surface area contributed by atoms with Gasteiger partial charge in [0.05, 0.1) is 17.7 Å². The number of rotatable bonds is 4. The van der Waals surface area contributed by atoms with E-state index in [1.807, 2.05) is 0 Å². The number of halogens is 1. The van der Waals surface area contributed by atoms with Gasteiger partial charge in [-0.3, -0.25) is 0 Å². The Morgan fingerprint density at radius 3 is 2.67 bits per heavy atom. The number of fused-ring (bicyclic) bond motifs is 3. The maximum atomic E-state index is 5.26. The van der Waals surface area contributed by atoms with Crippen LogP contribution < -0.4 is 5.32 Å². The lowest BCUT2D eigenvalue weighted by molar-refractivity contribution is 0.417. The van der Waals surface area contributed by atoms with Gasteiger partial charge in [-0.25, -0.2) is 4.98 Å². The number of benzene rings is 2. The van der Waals surface area contributed by atoms with Crippen LogP contribution in [0.15, 0.2) is 52.3 Å². The van der Waals surface area contributed by atoms with Gasteiger partial charge < -0.3 is 10.1 Å². The van der Waals surface area contributed by atoms with Gasteiger partial charge in [-0.2, -0.15) is 0 Å². The molecular formula is C23H17BrN2OS3. The summed E-state index contributed by atoms with van der Waals surface area (Å²) in [5.74, 6) is 0. The Morgan fingerprint density at radius 2 is 1.87 bits per heavy atom. The fourth-order valence-electron chi connectivity index (χ4n) is 3.77. The second kappa shape index (κ2) is 7.89. The third kappa shape index (κ3) is 3.60. The molecule has 1 N–H and O–H groups in total. The van der Waals surface area contributed by atoms with Crippen LogP contribution in [0.3, 0.4) is 0 Å². The first-order valence-corrected chi connectivity index (χ1v) is 12.2. The summed E-state index contributed by atoms with van der Waals surface area (Å²) in [5.41, 5.74) is 8.48. The number of thiazole rings is 1. The molecule has 0 unspecified atom stereocenters. The van der Waals surface area contributed by atoms with Crippen LogP contribution in [0.25, 0.3) is 22.4 Å². The summed E-state index contributed by atoms with van der Waals surface area (Å²) in [6.45, 7) is 2.09. The van der Waals surface area contributed by atoms with Crippen molar-refractivity contribution in [2.24, 2.45) is 0 Å². The Morgan fingerprint density at radius 1 is 1.10 bits per heavy atom. The highest BCUT2D eigenvalue weighted by atomic mass is 79.9. The number of nitrogens with one attached hydrogen (secondary N) is 1. The van der Waals surface area contributed by atoms with Gasteiger partial charge >= 0.3 is 0 Å². The van der Waals surface area contributed by atoms with Crippen LogP contribution >= 0.6 is 50.8 Å². The number of hydrogen-bond donors (Lipinski definition) is 1. The molecule has 0 saturated carbocycles. The molecule has 0 amide bonds. The number of hydrogen-bond acceptors (Lipinski definition) is 6. The van der Waals surface area contributed by atoms with Crippen molar-refractivity contribution >= 4 is 66.7 Å². The number of aromatic nitrogens is 1. The lowest BCUT2D eigenvalue weighted by Gasteiger charge is -2.06. The Hall–Kier alpha value is -2.06. The summed E-state index contributed by atoms with van der Waals surface area (Å²) in [6.07, 6.45) is 0.957. The third-order valence-corrected chi connectivity index (χ3v) is 8.00. The SMILES string of the molecule is COC(=S)c1cc(-c2csc(Nc3ccc4c(c3)Cc3cc(Br)ccc3-4)n2)c(C)s1. The molecular weight excluding hydrogens is 496 g/mol. The van der Waals surface area contributed by atoms with Crippen molar-refractivity contribution in [3.8, 4) is 22.4 Å². The second-order valence-electron chi connectivity index (χ2n) is 7.09. The van der Waals surface area contributed by atoms with Crippen LogP contribution in [0.4, 0.5) is 10.8 Å². The summed E-state index contributed by atoms with van der Waals surface area (Å²) < 4.78 is 6.33. The van der Waals surface area contributed by atoms with Crippen molar-refractivity contribution in [3.05, 3.63) is 73.2 Å². The molecule has 0 spiro atoms. The lowest BCUT2D eigenvalue weighted by atomic mass is 10.1. The first kappa shape index (κ1) is 19.9. The van der Waals surface area contributed by atoms with E-state index in [0.717, 1.165) is 37.8 Å². The van der Waals surface area contributed by atoms with Crippen molar-refractivity contribution in [2.75, 3.05) is 12.4 Å². The minimum atomic E-state index is 0.522. The van der Waals surface area contributed by atoms with Crippen molar-refractivity contribution < 1.29 is 4.74 Å². The van der Waals surface area contributed by atoms with Crippen molar-refractivity contribution in [3.63, 3.8) is 0 Å². The topological polar surface area (TPSA) is 34.1 Å². The predicted molar refractivity (Wildman–Crippen MR) is 135 cm³/mol. The smallest absolute Gasteiger partial charge is 0.201 e. The summed E-state index contributed by atoms with van der Waals surface area (Å²) >= 11 is 12.1. The van der Waals surface area contributed by atoms with E-state index in [-0.39, 0.29) is 0 Å². The standard InChI is InChI=1S/C23H17BrN2OS3/c1-12-19(10-21(30-12)22(28)27-2)20-11-29-23(26-20)25-16-4-6-18-14(9-16)7-13-8-15(24)3-5-17(13)18/h3-6,8-11H,7H2,1-2H3,(H,25,26). The summed E-state index contributed by atoms with van der Waals surface area (Å²) in [4.78, 5) is 6.95. The molecule has 5 rings (SSSR count). The quantitative estimate of drug-likeness (QED) is 0.251. The fraction of sp³-hybridized carbons (Fsp3) is 0.130. The number of thiocarbonyl (C=S) groups is 1. The van der Waals surface area contributed by atoms with E-state index in [1.54, 1.807) is 29.8 Å². The normalized spacial score (nSPS) is 11.8. The highest BCUT2D eigenvalue weighted by Crippen LogP contribution is 2.40. The molecule has 4 aromatic rings. The van der Waals surface area contributed by atoms with Gasteiger partial charge in [0.1, 0.15) is 0 Å². The van der Waals surface area contributed by atoms with Gasteiger partial charge in [-0.1, -0.05) is 28.1 Å². The van der Waals surface area contributed by atoms with Crippen molar-refractivity contribution in [1.82, 2.24) is 4.98 Å². The average molecular weight is 514 g/mol. The second-order valence-corrected chi connectivity index (χ2v) is 10.5. The van der Waals surface area contributed by atoms with E-state index >= 15 is 0 Å². The molecule has 0 bridgehead atoms. The van der Waals surface area contributed by atoms with Crippen LogP contribution in [0.2, 0.25) is 0 Å². The molecule has 7 heteroatoms. The van der Waals surface area contributed by atoms with Crippen molar-refractivity contribution in [1.29, 1.82) is 0 Å². The average Bonchev–Trinajstić information content (AvgIpc) is 3.43. The zero-order valence-electron chi connectivity index (χ0n) is 16.3. The number of nitrogens with zero attached hydrogens (tertiary/aromatic N) is 1. The van der Waals surface area contributed by atoms with E-state index in [9.17, 15) is 0 Å². The third-order valence-electron chi connectivity index (χ3n) is 5.18. The number of thiophene rings is 1. The molecule has 0 saturated heterocycles. The van der Waals surface area contributed by atoms with Gasteiger partial charge in [0.25, 0.3) is 0 Å². The Balaban J connectivity index is 1.38. The maximum absolute atomic E-state index is 5.26. The van der Waals surface area contributed by atoms with Gasteiger partial charge in [-0.15, -0.1) is 22.7 Å². The molecule has 3 nitrogen and oxygen atoms in total. The highest BCUT2D eigenvalue weighted by Gasteiger charge is 2.19. The summed E-state index contributed by atoms with van der Waals surface area (Å²) in [7, 11) is 1.61. The largest absolute Gasteiger partial charge is 0.486 e. The molecule has 0 fully saturated rings. The minimum Gasteiger partial charge on any atom is -0.486 e. The summed E-state index contributed by atoms with van der Waals surface area (Å²) in [6, 6.07) is 15.1. The monoisotopic (exact) mass is 512 g/mol. The number of anilines is 2. The van der Waals surface area contributed by atoms with Crippen molar-refractivity contribution in [2.45, 2.75) is 13.3 Å².